The number of hydrogen-bond donors (Lipinski definition) is 1. The van der Waals surface area contributed by atoms with Crippen LogP contribution in [-0.2, 0) is 20.9 Å². The van der Waals surface area contributed by atoms with Crippen LogP contribution in [0.4, 0.5) is 4.79 Å². The van der Waals surface area contributed by atoms with Crippen molar-refractivity contribution in [3.8, 4) is 0 Å². The van der Waals surface area contributed by atoms with Gasteiger partial charge >= 0.3 is 6.09 Å². The molecule has 0 saturated carbocycles. The normalized spacial score (nSPS) is 9.81. The van der Waals surface area contributed by atoms with E-state index in [-0.39, 0.29) is 6.61 Å². The number of hydrogen-bond acceptors (Lipinski definition) is 4. The first-order valence-corrected chi connectivity index (χ1v) is 4.90. The number of carbonyl (C=O) groups excluding carboxylic acids is 1. The lowest BCUT2D eigenvalue weighted by atomic mass is 10.2. The lowest BCUT2D eigenvalue weighted by Gasteiger charge is -2.06. The Balaban J connectivity index is 2.09. The molecule has 1 aromatic carbocycles. The van der Waals surface area contributed by atoms with E-state index in [0.717, 1.165) is 5.56 Å². The maximum atomic E-state index is 11.0. The number of carbonyl (C=O) groups is 1. The molecule has 5 nitrogen and oxygen atoms in total. The third-order valence-electron chi connectivity index (χ3n) is 1.76. The SMILES string of the molecule is COCCOC(=O)NOCc1ccccc1. The molecule has 1 rings (SSSR count). The Hall–Kier alpha value is -1.59. The molecule has 0 aliphatic heterocycles. The molecule has 0 aromatic heterocycles. The van der Waals surface area contributed by atoms with Crippen molar-refractivity contribution in [3.63, 3.8) is 0 Å². The van der Waals surface area contributed by atoms with Crippen LogP contribution in [-0.4, -0.2) is 26.4 Å². The molecule has 1 N–H and O–H groups in total. The van der Waals surface area contributed by atoms with Gasteiger partial charge in [-0.05, 0) is 5.56 Å². The Kier molecular flexibility index (Phi) is 5.98. The quantitative estimate of drug-likeness (QED) is 0.588. The summed E-state index contributed by atoms with van der Waals surface area (Å²) in [5.74, 6) is 0. The molecule has 88 valence electrons. The summed E-state index contributed by atoms with van der Waals surface area (Å²) >= 11 is 0. The van der Waals surface area contributed by atoms with E-state index in [1.165, 1.54) is 7.11 Å². The summed E-state index contributed by atoms with van der Waals surface area (Å²) in [5.41, 5.74) is 3.15. The summed E-state index contributed by atoms with van der Waals surface area (Å²) in [5, 5.41) is 0. The number of methoxy groups -OCH3 is 1. The van der Waals surface area contributed by atoms with Crippen LogP contribution in [0.2, 0.25) is 0 Å². The number of hydroxylamine groups is 1. The number of ether oxygens (including phenoxy) is 2. The fourth-order valence-electron chi connectivity index (χ4n) is 1.000. The van der Waals surface area contributed by atoms with Crippen molar-refractivity contribution in [2.45, 2.75) is 6.61 Å². The number of rotatable bonds is 6. The van der Waals surface area contributed by atoms with Gasteiger partial charge in [-0.1, -0.05) is 30.3 Å². The molecule has 5 heteroatoms. The van der Waals surface area contributed by atoms with Crippen LogP contribution in [0.25, 0.3) is 0 Å². The Bertz CT molecular complexity index is 302. The molecular formula is C11H15NO4. The van der Waals surface area contributed by atoms with Gasteiger partial charge in [-0.3, -0.25) is 4.84 Å². The van der Waals surface area contributed by atoms with E-state index in [0.29, 0.717) is 13.2 Å². The molecule has 1 amide bonds. The lowest BCUT2D eigenvalue weighted by molar-refractivity contribution is 0.0118. The first-order chi connectivity index (χ1) is 7.83. The summed E-state index contributed by atoms with van der Waals surface area (Å²) in [7, 11) is 1.53. The Morgan fingerprint density at radius 2 is 2.00 bits per heavy atom. The third-order valence-corrected chi connectivity index (χ3v) is 1.76. The van der Waals surface area contributed by atoms with Crippen LogP contribution >= 0.6 is 0 Å². The molecule has 0 aliphatic rings. The average molecular weight is 225 g/mol. The predicted octanol–water partition coefficient (Wildman–Crippen LogP) is 1.49. The topological polar surface area (TPSA) is 56.8 Å². The van der Waals surface area contributed by atoms with Gasteiger partial charge in [0.15, 0.2) is 0 Å². The van der Waals surface area contributed by atoms with Crippen LogP contribution in [0.15, 0.2) is 30.3 Å². The molecule has 0 bridgehead atoms. The van der Waals surface area contributed by atoms with Gasteiger partial charge in [-0.15, -0.1) is 0 Å². The van der Waals surface area contributed by atoms with Gasteiger partial charge in [0.2, 0.25) is 0 Å². The molecule has 0 heterocycles. The van der Waals surface area contributed by atoms with Crippen LogP contribution < -0.4 is 5.48 Å². The summed E-state index contributed by atoms with van der Waals surface area (Å²) in [6.45, 7) is 0.878. The largest absolute Gasteiger partial charge is 0.446 e. The number of nitrogens with one attached hydrogen (secondary N) is 1. The smallest absolute Gasteiger partial charge is 0.431 e. The zero-order chi connectivity index (χ0) is 11.6. The molecule has 0 atom stereocenters. The van der Waals surface area contributed by atoms with E-state index < -0.39 is 6.09 Å². The molecule has 0 unspecified atom stereocenters. The highest BCUT2D eigenvalue weighted by atomic mass is 16.7. The van der Waals surface area contributed by atoms with Crippen LogP contribution in [0.3, 0.4) is 0 Å². The highest BCUT2D eigenvalue weighted by molar-refractivity contribution is 5.65. The molecule has 1 aromatic rings. The molecule has 0 aliphatic carbocycles. The van der Waals surface area contributed by atoms with E-state index >= 15 is 0 Å². The standard InChI is InChI=1S/C11H15NO4/c1-14-7-8-15-11(13)12-16-9-10-5-3-2-4-6-10/h2-6H,7-9H2,1H3,(H,12,13). The lowest BCUT2D eigenvalue weighted by Crippen LogP contribution is -2.25. The predicted molar refractivity (Wildman–Crippen MR) is 57.6 cm³/mol. The molecule has 0 spiro atoms. The van der Waals surface area contributed by atoms with Crippen molar-refractivity contribution in [2.24, 2.45) is 0 Å². The van der Waals surface area contributed by atoms with Gasteiger partial charge in [-0.2, -0.15) is 5.48 Å². The van der Waals surface area contributed by atoms with Crippen LogP contribution in [0.1, 0.15) is 5.56 Å². The minimum absolute atomic E-state index is 0.205. The monoisotopic (exact) mass is 225 g/mol. The minimum Gasteiger partial charge on any atom is -0.446 e. The minimum atomic E-state index is -0.618. The maximum Gasteiger partial charge on any atom is 0.431 e. The second kappa shape index (κ2) is 7.67. The average Bonchev–Trinajstić information content (AvgIpc) is 2.31. The van der Waals surface area contributed by atoms with Crippen molar-refractivity contribution in [1.29, 1.82) is 0 Å². The van der Waals surface area contributed by atoms with E-state index in [1.54, 1.807) is 0 Å². The molecular weight excluding hydrogens is 210 g/mol. The van der Waals surface area contributed by atoms with Crippen molar-refractivity contribution < 1.29 is 19.1 Å². The molecule has 0 fully saturated rings. The maximum absolute atomic E-state index is 11.0. The van der Waals surface area contributed by atoms with Crippen molar-refractivity contribution in [3.05, 3.63) is 35.9 Å². The van der Waals surface area contributed by atoms with E-state index in [2.05, 4.69) is 5.48 Å². The van der Waals surface area contributed by atoms with Crippen LogP contribution in [0, 0.1) is 0 Å². The van der Waals surface area contributed by atoms with Crippen molar-refractivity contribution in [2.75, 3.05) is 20.3 Å². The second-order valence-corrected chi connectivity index (χ2v) is 3.01. The van der Waals surface area contributed by atoms with E-state index in [4.69, 9.17) is 14.3 Å². The second-order valence-electron chi connectivity index (χ2n) is 3.01. The fourth-order valence-corrected chi connectivity index (χ4v) is 1.000. The third kappa shape index (κ3) is 5.33. The first-order valence-electron chi connectivity index (χ1n) is 4.90. The highest BCUT2D eigenvalue weighted by Gasteiger charge is 2.00. The van der Waals surface area contributed by atoms with Gasteiger partial charge in [0.1, 0.15) is 6.61 Å². The van der Waals surface area contributed by atoms with Crippen molar-refractivity contribution >= 4 is 6.09 Å². The van der Waals surface area contributed by atoms with Gasteiger partial charge in [0, 0.05) is 7.11 Å². The Labute approximate surface area is 94.3 Å². The number of amides is 1. The van der Waals surface area contributed by atoms with Gasteiger partial charge in [-0.25, -0.2) is 4.79 Å². The van der Waals surface area contributed by atoms with Crippen LogP contribution in [0.5, 0.6) is 0 Å². The summed E-state index contributed by atoms with van der Waals surface area (Å²) in [6.07, 6.45) is -0.618. The zero-order valence-electron chi connectivity index (χ0n) is 9.14. The van der Waals surface area contributed by atoms with Crippen molar-refractivity contribution in [1.82, 2.24) is 5.48 Å². The van der Waals surface area contributed by atoms with Gasteiger partial charge in [0.25, 0.3) is 0 Å². The summed E-state index contributed by atoms with van der Waals surface area (Å²) in [4.78, 5) is 15.9. The fraction of sp³-hybridized carbons (Fsp3) is 0.364. The molecule has 0 saturated heterocycles. The zero-order valence-corrected chi connectivity index (χ0v) is 9.14. The first kappa shape index (κ1) is 12.5. The van der Waals surface area contributed by atoms with Gasteiger partial charge < -0.3 is 9.47 Å². The highest BCUT2D eigenvalue weighted by Crippen LogP contribution is 1.98. The molecule has 0 radical (unpaired) electrons. The van der Waals surface area contributed by atoms with E-state index in [9.17, 15) is 4.79 Å². The van der Waals surface area contributed by atoms with Gasteiger partial charge in [0.05, 0.1) is 13.2 Å². The Morgan fingerprint density at radius 1 is 1.25 bits per heavy atom. The number of benzene rings is 1. The molecule has 16 heavy (non-hydrogen) atoms. The van der Waals surface area contributed by atoms with E-state index in [1.807, 2.05) is 30.3 Å². The summed E-state index contributed by atoms with van der Waals surface area (Å²) < 4.78 is 9.44. The summed E-state index contributed by atoms with van der Waals surface area (Å²) in [6, 6.07) is 9.51. The Morgan fingerprint density at radius 3 is 2.69 bits per heavy atom.